The zero-order chi connectivity index (χ0) is 13.8. The summed E-state index contributed by atoms with van der Waals surface area (Å²) < 4.78 is 32.8. The van der Waals surface area contributed by atoms with Crippen molar-refractivity contribution in [3.63, 3.8) is 0 Å². The molecule has 0 saturated carbocycles. The Bertz CT molecular complexity index is 471. The van der Waals surface area contributed by atoms with Crippen molar-refractivity contribution < 1.29 is 13.2 Å². The normalized spacial score (nSPS) is 13.8. The van der Waals surface area contributed by atoms with E-state index in [-0.39, 0.29) is 16.9 Å². The van der Waals surface area contributed by atoms with Gasteiger partial charge in [-0.1, -0.05) is 29.8 Å². The zero-order valence-corrected chi connectivity index (χ0v) is 13.1. The smallest absolute Gasteiger partial charge is 0.240 e. The number of sulfonamides is 1. The van der Waals surface area contributed by atoms with E-state index in [1.807, 2.05) is 13.8 Å². The molecule has 1 rings (SSSR count). The summed E-state index contributed by atoms with van der Waals surface area (Å²) in [6.45, 7) is 4.26. The first-order valence-electron chi connectivity index (χ1n) is 5.63. The van der Waals surface area contributed by atoms with Crippen molar-refractivity contribution in [3.05, 3.63) is 28.7 Å². The van der Waals surface area contributed by atoms with E-state index in [1.54, 1.807) is 31.4 Å². The van der Waals surface area contributed by atoms with E-state index < -0.39 is 10.0 Å². The minimum atomic E-state index is -3.49. The van der Waals surface area contributed by atoms with E-state index in [1.165, 1.54) is 0 Å². The van der Waals surface area contributed by atoms with E-state index >= 15 is 0 Å². The minimum absolute atomic E-state index is 0.162. The van der Waals surface area contributed by atoms with Crippen molar-refractivity contribution >= 4 is 26.0 Å². The molecule has 102 valence electrons. The van der Waals surface area contributed by atoms with E-state index in [2.05, 4.69) is 20.7 Å². The molecule has 1 aromatic rings. The standard InChI is InChI=1S/C12H18BrNO3S/c1-9(2)12(8-17-3)14-18(15,16)11-6-4-10(13)5-7-11/h4-7,9,12,14H,8H2,1-3H3. The number of benzene rings is 1. The molecule has 0 spiro atoms. The van der Waals surface area contributed by atoms with Crippen LogP contribution in [-0.4, -0.2) is 28.2 Å². The number of hydrogen-bond acceptors (Lipinski definition) is 3. The molecule has 4 nitrogen and oxygen atoms in total. The maximum absolute atomic E-state index is 12.2. The highest BCUT2D eigenvalue weighted by atomic mass is 79.9. The maximum atomic E-state index is 12.2. The van der Waals surface area contributed by atoms with Gasteiger partial charge in [-0.15, -0.1) is 0 Å². The third-order valence-corrected chi connectivity index (χ3v) is 4.62. The molecule has 0 heterocycles. The molecule has 1 atom stereocenters. The minimum Gasteiger partial charge on any atom is -0.383 e. The van der Waals surface area contributed by atoms with E-state index in [0.29, 0.717) is 6.61 Å². The van der Waals surface area contributed by atoms with Crippen molar-refractivity contribution in [1.29, 1.82) is 0 Å². The van der Waals surface area contributed by atoms with Crippen molar-refractivity contribution in [3.8, 4) is 0 Å². The van der Waals surface area contributed by atoms with Gasteiger partial charge in [-0.3, -0.25) is 0 Å². The predicted octanol–water partition coefficient (Wildman–Crippen LogP) is 2.40. The number of halogens is 1. The Morgan fingerprint density at radius 3 is 2.28 bits per heavy atom. The molecule has 0 saturated heterocycles. The molecule has 0 fully saturated rings. The van der Waals surface area contributed by atoms with E-state index in [4.69, 9.17) is 4.74 Å². The van der Waals surface area contributed by atoms with Crippen LogP contribution in [0.15, 0.2) is 33.6 Å². The summed E-state index contributed by atoms with van der Waals surface area (Å²) in [4.78, 5) is 0.257. The van der Waals surface area contributed by atoms with Crippen LogP contribution >= 0.6 is 15.9 Å². The first-order chi connectivity index (χ1) is 8.36. The number of nitrogens with one attached hydrogen (secondary N) is 1. The quantitative estimate of drug-likeness (QED) is 0.868. The van der Waals surface area contributed by atoms with Crippen LogP contribution in [0.2, 0.25) is 0 Å². The van der Waals surface area contributed by atoms with Crippen LogP contribution in [0.4, 0.5) is 0 Å². The van der Waals surface area contributed by atoms with Crippen LogP contribution in [-0.2, 0) is 14.8 Å². The van der Waals surface area contributed by atoms with Crippen LogP contribution in [0.1, 0.15) is 13.8 Å². The molecular formula is C12H18BrNO3S. The molecular weight excluding hydrogens is 318 g/mol. The highest BCUT2D eigenvalue weighted by molar-refractivity contribution is 9.10. The first-order valence-corrected chi connectivity index (χ1v) is 7.91. The van der Waals surface area contributed by atoms with Gasteiger partial charge in [0.05, 0.1) is 11.5 Å². The lowest BCUT2D eigenvalue weighted by Gasteiger charge is -2.21. The third-order valence-electron chi connectivity index (χ3n) is 2.58. The molecule has 18 heavy (non-hydrogen) atoms. The van der Waals surface area contributed by atoms with Gasteiger partial charge < -0.3 is 4.74 Å². The maximum Gasteiger partial charge on any atom is 0.240 e. The summed E-state index contributed by atoms with van der Waals surface area (Å²) in [6, 6.07) is 6.31. The van der Waals surface area contributed by atoms with Gasteiger partial charge in [0.25, 0.3) is 0 Å². The second kappa shape index (κ2) is 6.65. The summed E-state index contributed by atoms with van der Waals surface area (Å²) in [6.07, 6.45) is 0. The molecule has 1 aromatic carbocycles. The highest BCUT2D eigenvalue weighted by Crippen LogP contribution is 2.16. The molecule has 6 heteroatoms. The summed E-state index contributed by atoms with van der Waals surface area (Å²) in [5.74, 6) is 0.162. The molecule has 1 unspecified atom stereocenters. The number of methoxy groups -OCH3 is 1. The highest BCUT2D eigenvalue weighted by Gasteiger charge is 2.22. The lowest BCUT2D eigenvalue weighted by Crippen LogP contribution is -2.41. The van der Waals surface area contributed by atoms with Crippen LogP contribution in [0.25, 0.3) is 0 Å². The first kappa shape index (κ1) is 15.6. The Morgan fingerprint density at radius 1 is 1.28 bits per heavy atom. The number of hydrogen-bond donors (Lipinski definition) is 1. The van der Waals surface area contributed by atoms with Crippen molar-refractivity contribution in [2.45, 2.75) is 24.8 Å². The Labute approximate surface area is 117 Å². The zero-order valence-electron chi connectivity index (χ0n) is 10.7. The SMILES string of the molecule is COCC(NS(=O)(=O)c1ccc(Br)cc1)C(C)C. The van der Waals surface area contributed by atoms with Crippen molar-refractivity contribution in [2.24, 2.45) is 5.92 Å². The van der Waals surface area contributed by atoms with Crippen LogP contribution in [0.5, 0.6) is 0 Å². The van der Waals surface area contributed by atoms with Gasteiger partial charge in [0.15, 0.2) is 0 Å². The molecule has 0 aliphatic heterocycles. The molecule has 0 aliphatic carbocycles. The Balaban J connectivity index is 2.89. The fourth-order valence-corrected chi connectivity index (χ4v) is 3.06. The van der Waals surface area contributed by atoms with Crippen molar-refractivity contribution in [1.82, 2.24) is 4.72 Å². The predicted molar refractivity (Wildman–Crippen MR) is 75.0 cm³/mol. The van der Waals surface area contributed by atoms with E-state index in [9.17, 15) is 8.42 Å². The van der Waals surface area contributed by atoms with Gasteiger partial charge in [0, 0.05) is 17.6 Å². The topological polar surface area (TPSA) is 55.4 Å². The summed E-state index contributed by atoms with van der Waals surface area (Å²) in [5.41, 5.74) is 0. The monoisotopic (exact) mass is 335 g/mol. The lowest BCUT2D eigenvalue weighted by molar-refractivity contribution is 0.157. The molecule has 0 bridgehead atoms. The van der Waals surface area contributed by atoms with Crippen LogP contribution < -0.4 is 4.72 Å². The van der Waals surface area contributed by atoms with Gasteiger partial charge in [0.2, 0.25) is 10.0 Å². The summed E-state index contributed by atoms with van der Waals surface area (Å²) in [7, 11) is -1.94. The van der Waals surface area contributed by atoms with Gasteiger partial charge in [-0.25, -0.2) is 13.1 Å². The summed E-state index contributed by atoms with van der Waals surface area (Å²) in [5, 5.41) is 0. The van der Waals surface area contributed by atoms with Crippen LogP contribution in [0, 0.1) is 5.92 Å². The van der Waals surface area contributed by atoms with Gasteiger partial charge in [0.1, 0.15) is 0 Å². The second-order valence-electron chi connectivity index (χ2n) is 4.38. The largest absolute Gasteiger partial charge is 0.383 e. The van der Waals surface area contributed by atoms with Crippen molar-refractivity contribution in [2.75, 3.05) is 13.7 Å². The molecule has 0 aromatic heterocycles. The molecule has 1 N–H and O–H groups in total. The lowest BCUT2D eigenvalue weighted by atomic mass is 10.1. The number of rotatable bonds is 6. The summed E-state index contributed by atoms with van der Waals surface area (Å²) >= 11 is 3.28. The van der Waals surface area contributed by atoms with Gasteiger partial charge >= 0.3 is 0 Å². The van der Waals surface area contributed by atoms with Crippen LogP contribution in [0.3, 0.4) is 0 Å². The number of ether oxygens (including phenoxy) is 1. The average molecular weight is 336 g/mol. The molecule has 0 radical (unpaired) electrons. The Hall–Kier alpha value is -0.430. The van der Waals surface area contributed by atoms with E-state index in [0.717, 1.165) is 4.47 Å². The fraction of sp³-hybridized carbons (Fsp3) is 0.500. The Kier molecular flexibility index (Phi) is 5.78. The molecule has 0 amide bonds. The van der Waals surface area contributed by atoms with Gasteiger partial charge in [-0.2, -0.15) is 0 Å². The average Bonchev–Trinajstić information content (AvgIpc) is 2.28. The Morgan fingerprint density at radius 2 is 1.83 bits per heavy atom. The fourth-order valence-electron chi connectivity index (χ4n) is 1.42. The third kappa shape index (κ3) is 4.35. The second-order valence-corrected chi connectivity index (χ2v) is 7.01. The van der Waals surface area contributed by atoms with Gasteiger partial charge in [-0.05, 0) is 30.2 Å². The molecule has 0 aliphatic rings.